The average molecular weight is 375 g/mol. The molecule has 1 N–H and O–H groups in total. The summed E-state index contributed by atoms with van der Waals surface area (Å²) in [4.78, 5) is 9.90. The number of nitro groups is 1. The van der Waals surface area contributed by atoms with Crippen LogP contribution < -0.4 is 4.72 Å². The summed E-state index contributed by atoms with van der Waals surface area (Å²) in [6.45, 7) is 1.63. The van der Waals surface area contributed by atoms with Gasteiger partial charge in [-0.2, -0.15) is 0 Å². The van der Waals surface area contributed by atoms with Gasteiger partial charge in [-0.25, -0.2) is 13.1 Å². The van der Waals surface area contributed by atoms with Crippen LogP contribution in [0.25, 0.3) is 0 Å². The highest BCUT2D eigenvalue weighted by Crippen LogP contribution is 2.28. The maximum Gasteiger partial charge on any atom is 0.289 e. The molecule has 6 nitrogen and oxygen atoms in total. The van der Waals surface area contributed by atoms with Crippen molar-refractivity contribution in [1.29, 1.82) is 0 Å². The van der Waals surface area contributed by atoms with Crippen molar-refractivity contribution in [2.75, 3.05) is 0 Å². The van der Waals surface area contributed by atoms with Gasteiger partial charge in [-0.3, -0.25) is 10.1 Å². The normalized spacial score (nSPS) is 12.8. The van der Waals surface area contributed by atoms with E-state index in [0.717, 1.165) is 6.07 Å². The lowest BCUT2D eigenvalue weighted by Gasteiger charge is -2.16. The van der Waals surface area contributed by atoms with Crippen molar-refractivity contribution in [3.8, 4) is 0 Å². The molecule has 2 aromatic rings. The third kappa shape index (κ3) is 4.00. The molecule has 0 amide bonds. The van der Waals surface area contributed by atoms with E-state index >= 15 is 0 Å². The third-order valence-corrected chi connectivity index (χ3v) is 5.33. The Morgan fingerprint density at radius 2 is 1.78 bits per heavy atom. The highest BCUT2D eigenvalue weighted by molar-refractivity contribution is 7.89. The number of hydrogen-bond acceptors (Lipinski definition) is 4. The van der Waals surface area contributed by atoms with Gasteiger partial charge in [-0.05, 0) is 30.7 Å². The summed E-state index contributed by atoms with van der Waals surface area (Å²) in [7, 11) is -3.97. The predicted molar refractivity (Wildman–Crippen MR) is 88.3 cm³/mol. The lowest BCUT2D eigenvalue weighted by Crippen LogP contribution is -2.27. The van der Waals surface area contributed by atoms with Gasteiger partial charge in [0.15, 0.2) is 0 Å². The minimum atomic E-state index is -3.97. The van der Waals surface area contributed by atoms with Crippen LogP contribution in [0, 0.1) is 10.1 Å². The summed E-state index contributed by atoms with van der Waals surface area (Å²) in [5.74, 6) is 0. The zero-order valence-corrected chi connectivity index (χ0v) is 14.2. The number of nitrogens with zero attached hydrogens (tertiary/aromatic N) is 1. The molecule has 0 aromatic heterocycles. The molecule has 0 fully saturated rings. The van der Waals surface area contributed by atoms with Crippen molar-refractivity contribution in [3.05, 3.63) is 68.2 Å². The standard InChI is InChI=1S/C14H12Cl2N2O4S/c1-9(11-4-2-3-5-12(11)15)17-23(21,22)10-6-7-13(16)14(8-10)18(19)20/h2-9,17H,1H3/t9-/m0/s1. The van der Waals surface area contributed by atoms with E-state index in [0.29, 0.717) is 10.6 Å². The van der Waals surface area contributed by atoms with Crippen molar-refractivity contribution < 1.29 is 13.3 Å². The quantitative estimate of drug-likeness (QED) is 0.633. The van der Waals surface area contributed by atoms with Crippen molar-refractivity contribution in [3.63, 3.8) is 0 Å². The first-order valence-corrected chi connectivity index (χ1v) is 8.67. The van der Waals surface area contributed by atoms with Gasteiger partial charge in [0.1, 0.15) is 5.02 Å². The molecule has 0 heterocycles. The molecule has 122 valence electrons. The SMILES string of the molecule is C[C@H](NS(=O)(=O)c1ccc(Cl)c([N+](=O)[O-])c1)c1ccccc1Cl. The summed E-state index contributed by atoms with van der Waals surface area (Å²) in [6, 6.07) is 9.50. The lowest BCUT2D eigenvalue weighted by atomic mass is 10.1. The van der Waals surface area contributed by atoms with Crippen molar-refractivity contribution in [2.45, 2.75) is 17.9 Å². The summed E-state index contributed by atoms with van der Waals surface area (Å²) < 4.78 is 27.2. The zero-order chi connectivity index (χ0) is 17.2. The highest BCUT2D eigenvalue weighted by atomic mass is 35.5. The molecule has 0 spiro atoms. The summed E-state index contributed by atoms with van der Waals surface area (Å²) in [5, 5.41) is 11.2. The van der Waals surface area contributed by atoms with E-state index in [4.69, 9.17) is 23.2 Å². The maximum absolute atomic E-state index is 12.4. The van der Waals surface area contributed by atoms with Gasteiger partial charge < -0.3 is 0 Å². The molecule has 9 heteroatoms. The third-order valence-electron chi connectivity index (χ3n) is 3.13. The van der Waals surface area contributed by atoms with Crippen LogP contribution in [0.2, 0.25) is 10.0 Å². The minimum absolute atomic E-state index is 0.131. The molecule has 2 aromatic carbocycles. The molecule has 0 saturated heterocycles. The molecule has 0 unspecified atom stereocenters. The van der Waals surface area contributed by atoms with Gasteiger partial charge in [0.05, 0.1) is 9.82 Å². The Balaban J connectivity index is 2.34. The lowest BCUT2D eigenvalue weighted by molar-refractivity contribution is -0.384. The number of nitrogens with one attached hydrogen (secondary N) is 1. The molecule has 0 aliphatic heterocycles. The van der Waals surface area contributed by atoms with Crippen LogP contribution in [0.1, 0.15) is 18.5 Å². The fraction of sp³-hybridized carbons (Fsp3) is 0.143. The van der Waals surface area contributed by atoms with Crippen LogP contribution in [0.4, 0.5) is 5.69 Å². The topological polar surface area (TPSA) is 89.3 Å². The number of nitro benzene ring substituents is 1. The second-order valence-corrected chi connectivity index (χ2v) is 7.26. The second kappa shape index (κ2) is 6.84. The van der Waals surface area contributed by atoms with E-state index in [1.807, 2.05) is 0 Å². The van der Waals surface area contributed by atoms with E-state index < -0.39 is 26.7 Å². The maximum atomic E-state index is 12.4. The number of sulfonamides is 1. The molecule has 0 saturated carbocycles. The Morgan fingerprint density at radius 1 is 1.13 bits per heavy atom. The zero-order valence-electron chi connectivity index (χ0n) is 11.9. The fourth-order valence-electron chi connectivity index (χ4n) is 1.99. The molecule has 23 heavy (non-hydrogen) atoms. The smallest absolute Gasteiger partial charge is 0.258 e. The van der Waals surface area contributed by atoms with Crippen LogP contribution in [-0.4, -0.2) is 13.3 Å². The Labute approximate surface area is 143 Å². The first-order valence-electron chi connectivity index (χ1n) is 6.43. The molecule has 0 radical (unpaired) electrons. The Kier molecular flexibility index (Phi) is 5.26. The monoisotopic (exact) mass is 374 g/mol. The van der Waals surface area contributed by atoms with Gasteiger partial charge in [0.2, 0.25) is 10.0 Å². The van der Waals surface area contributed by atoms with Gasteiger partial charge in [0, 0.05) is 17.1 Å². The number of rotatable bonds is 5. The molecule has 1 atom stereocenters. The molecule has 0 bridgehead atoms. The first kappa shape index (κ1) is 17.7. The minimum Gasteiger partial charge on any atom is -0.258 e. The Bertz CT molecular complexity index is 856. The van der Waals surface area contributed by atoms with Crippen molar-refractivity contribution >= 4 is 38.9 Å². The van der Waals surface area contributed by atoms with Crippen LogP contribution in [0.15, 0.2) is 47.4 Å². The summed E-state index contributed by atoms with van der Waals surface area (Å²) >= 11 is 11.7. The van der Waals surface area contributed by atoms with Crippen LogP contribution in [0.3, 0.4) is 0 Å². The number of benzene rings is 2. The number of halogens is 2. The fourth-order valence-corrected chi connectivity index (χ4v) is 3.72. The summed E-state index contributed by atoms with van der Waals surface area (Å²) in [5.41, 5.74) is 0.126. The Hall–Kier alpha value is -1.67. The Morgan fingerprint density at radius 3 is 2.39 bits per heavy atom. The van der Waals surface area contributed by atoms with E-state index in [9.17, 15) is 18.5 Å². The van der Waals surface area contributed by atoms with E-state index in [1.54, 1.807) is 31.2 Å². The van der Waals surface area contributed by atoms with Gasteiger partial charge in [-0.1, -0.05) is 41.4 Å². The van der Waals surface area contributed by atoms with Gasteiger partial charge in [-0.15, -0.1) is 0 Å². The van der Waals surface area contributed by atoms with Crippen LogP contribution in [-0.2, 0) is 10.0 Å². The van der Waals surface area contributed by atoms with Crippen LogP contribution >= 0.6 is 23.2 Å². The van der Waals surface area contributed by atoms with E-state index in [2.05, 4.69) is 4.72 Å². The van der Waals surface area contributed by atoms with Gasteiger partial charge >= 0.3 is 0 Å². The van der Waals surface area contributed by atoms with Crippen LogP contribution in [0.5, 0.6) is 0 Å². The van der Waals surface area contributed by atoms with Gasteiger partial charge in [0.25, 0.3) is 5.69 Å². The highest BCUT2D eigenvalue weighted by Gasteiger charge is 2.23. The average Bonchev–Trinajstić information content (AvgIpc) is 2.47. The molecular formula is C14H12Cl2N2O4S. The van der Waals surface area contributed by atoms with Crippen molar-refractivity contribution in [2.24, 2.45) is 0 Å². The predicted octanol–water partition coefficient (Wildman–Crippen LogP) is 3.94. The van der Waals surface area contributed by atoms with E-state index in [1.165, 1.54) is 12.1 Å². The first-order chi connectivity index (χ1) is 10.7. The molecule has 0 aliphatic rings. The van der Waals surface area contributed by atoms with E-state index in [-0.39, 0.29) is 9.92 Å². The summed E-state index contributed by atoms with van der Waals surface area (Å²) in [6.07, 6.45) is 0. The molecular weight excluding hydrogens is 363 g/mol. The molecule has 0 aliphatic carbocycles. The van der Waals surface area contributed by atoms with Crippen molar-refractivity contribution in [1.82, 2.24) is 4.72 Å². The second-order valence-electron chi connectivity index (χ2n) is 4.73. The molecule has 2 rings (SSSR count). The largest absolute Gasteiger partial charge is 0.289 e. The number of hydrogen-bond donors (Lipinski definition) is 1.